The van der Waals surface area contributed by atoms with Gasteiger partial charge in [-0.2, -0.15) is 5.01 Å². The van der Waals surface area contributed by atoms with E-state index < -0.39 is 235 Å². The number of nitrogens with one attached hydrogen (secondary N) is 15. The van der Waals surface area contributed by atoms with Gasteiger partial charge in [-0.1, -0.05) is 97.1 Å². The molecule has 112 heavy (non-hydrogen) atoms. The van der Waals surface area contributed by atoms with Crippen LogP contribution in [0, 0.1) is 93.9 Å². The normalized spacial score (nSPS) is 37.9. The number of alkyl halides is 8. The summed E-state index contributed by atoms with van der Waals surface area (Å²) in [6.45, 7) is 0. The second kappa shape index (κ2) is 30.9. The third-order valence-corrected chi connectivity index (χ3v) is 24.6. The molecule has 0 radical (unpaired) electrons. The molecule has 5 heterocycles. The predicted octanol–water partition coefficient (Wildman–Crippen LogP) is 12.7. The van der Waals surface area contributed by atoms with Crippen LogP contribution in [0.4, 0.5) is 116 Å². The Balaban J connectivity index is 0.940. The molecular weight excluding hydrogens is 1490 g/mol. The number of hydrogen-bond donors (Lipinski definition) is 15. The van der Waals surface area contributed by atoms with Gasteiger partial charge >= 0.3 is 0 Å². The largest absolute Gasteiger partial charge is 0.378 e. The molecule has 592 valence electrons. The lowest BCUT2D eigenvalue weighted by atomic mass is 9.66. The van der Waals surface area contributed by atoms with Crippen molar-refractivity contribution < 1.29 is 70.2 Å². The average Bonchev–Trinajstić information content (AvgIpc) is 1.54. The third-order valence-electron chi connectivity index (χ3n) is 24.6. The van der Waals surface area contributed by atoms with Crippen molar-refractivity contribution in [2.45, 2.75) is 147 Å². The van der Waals surface area contributed by atoms with Gasteiger partial charge in [0.25, 0.3) is 0 Å². The SMILES string of the molecule is Fc1ccccc1NC1CC2C3NC(NC4C5C(Nc6ccccc6F)C(Nc6ccccc6F)C(Nc6ccccc6F)C(Nc6ccccc6F)C5C(NC5NC(NC6NC(N3)C3C(F)C(F)C(F)C(F)C63)C3C(F)C(F)C(F)C(F)C53)N4Nc3ccccc3F)C2C(Nc2ccccc2F)C1Nc1ccccc1F. The van der Waals surface area contributed by atoms with Gasteiger partial charge < -0.3 is 42.6 Å². The number of hydrogen-bond acceptors (Lipinski definition) is 16. The van der Waals surface area contributed by atoms with Gasteiger partial charge in [0.05, 0.1) is 131 Å². The Hall–Kier alpha value is -9.28. The van der Waals surface area contributed by atoms with Crippen LogP contribution in [0.1, 0.15) is 6.42 Å². The minimum absolute atomic E-state index is 0.0538. The van der Waals surface area contributed by atoms with E-state index in [1.54, 1.807) is 12.1 Å². The first kappa shape index (κ1) is 75.4. The van der Waals surface area contributed by atoms with Crippen molar-refractivity contribution in [3.05, 3.63) is 241 Å². The minimum atomic E-state index is -3.17. The Morgan fingerprint density at radius 2 is 0.464 bits per heavy atom. The number of nitrogens with zero attached hydrogens (tertiary/aromatic N) is 1. The van der Waals surface area contributed by atoms with Crippen molar-refractivity contribution in [1.82, 2.24) is 42.2 Å². The maximum absolute atomic E-state index is 17.9. The lowest BCUT2D eigenvalue weighted by Gasteiger charge is -2.53. The van der Waals surface area contributed by atoms with Crippen molar-refractivity contribution >= 4 is 45.5 Å². The summed E-state index contributed by atoms with van der Waals surface area (Å²) in [5.41, 5.74) is 1.96. The van der Waals surface area contributed by atoms with Gasteiger partial charge in [0.1, 0.15) is 71.2 Å². The molecular formula is C80H80F16N16. The van der Waals surface area contributed by atoms with Gasteiger partial charge in [0, 0.05) is 47.5 Å². The summed E-state index contributed by atoms with van der Waals surface area (Å²) in [5, 5.41) is 48.7. The number of hydrazine groups is 1. The molecule has 8 bridgehead atoms. The Labute approximate surface area is 633 Å². The van der Waals surface area contributed by atoms with E-state index in [1.165, 1.54) is 157 Å². The van der Waals surface area contributed by atoms with Crippen LogP contribution in [0.25, 0.3) is 0 Å². The molecule has 0 aromatic heterocycles. The molecule has 5 saturated heterocycles. The van der Waals surface area contributed by atoms with Crippen molar-refractivity contribution in [3.63, 3.8) is 0 Å². The fourth-order valence-corrected chi connectivity index (χ4v) is 19.7. The van der Waals surface area contributed by atoms with Crippen LogP contribution in [-0.2, 0) is 0 Å². The topological polar surface area (TPSA) is 184 Å². The summed E-state index contributed by atoms with van der Waals surface area (Å²) in [6, 6.07) is 34.5. The van der Waals surface area contributed by atoms with Gasteiger partial charge in [-0.15, -0.1) is 0 Å². The molecule has 0 amide bonds. The number of benzene rings is 8. The Kier molecular flexibility index (Phi) is 20.8. The van der Waals surface area contributed by atoms with Crippen LogP contribution in [-0.4, -0.2) is 146 Å². The first-order valence-electron chi connectivity index (χ1n) is 37.5. The highest BCUT2D eigenvalue weighted by Crippen LogP contribution is 2.54. The fourth-order valence-electron chi connectivity index (χ4n) is 19.7. The van der Waals surface area contributed by atoms with Gasteiger partial charge in [-0.25, -0.2) is 70.2 Å². The van der Waals surface area contributed by atoms with Crippen molar-refractivity contribution in [1.29, 1.82) is 0 Å². The van der Waals surface area contributed by atoms with Gasteiger partial charge in [0.2, 0.25) is 0 Å². The molecule has 15 N–H and O–H groups in total. The molecule has 4 saturated carbocycles. The summed E-state index contributed by atoms with van der Waals surface area (Å²) in [5.74, 6) is -19.5. The summed E-state index contributed by atoms with van der Waals surface area (Å²) >= 11 is 0. The maximum Gasteiger partial charge on any atom is 0.165 e. The summed E-state index contributed by atoms with van der Waals surface area (Å²) in [4.78, 5) is 0. The van der Waals surface area contributed by atoms with E-state index in [0.717, 1.165) is 30.3 Å². The summed E-state index contributed by atoms with van der Waals surface area (Å²) in [7, 11) is 0. The molecule has 8 aromatic carbocycles. The van der Waals surface area contributed by atoms with Crippen LogP contribution in [0.2, 0.25) is 0 Å². The fraction of sp³-hybridized carbons (Fsp3) is 0.400. The molecule has 31 atom stereocenters. The highest BCUT2D eigenvalue weighted by atomic mass is 19.2. The molecule has 4 aliphatic carbocycles. The molecule has 8 aromatic rings. The quantitative estimate of drug-likeness (QED) is 0.0410. The zero-order valence-corrected chi connectivity index (χ0v) is 59.1. The Morgan fingerprint density at radius 1 is 0.232 bits per heavy atom. The standard InChI is InChI=1S/C80H80F16N16/c81-35-17-1-9-25-43(35)97-51-33-34-52(68(99-45-27-11-3-19-37(45)83)67(51)98-44-26-10-2-18-36(44)82)74-104-73(34)105-75-53-54(60(90)64(94)63(93)59(53)89)76(106-75)107-77-55-56(62(92)66(96)65(95)61(55)91)78(108-77)110-80-58-57(79(109-74)112(80)111-50-32-16-8-24-42(50)88)69(100-46-28-12-4-20-38(46)84)71(102-48-30-14-6-22-40(48)86)72(103-49-31-15-7-23-41(49)87)70(58)101-47-29-13-5-21-39(47)85/h1-32,34,51-80,97-111H,33H2. The number of rotatable bonds is 16. The van der Waals surface area contributed by atoms with Gasteiger partial charge in [-0.3, -0.25) is 37.2 Å². The second-order valence-electron chi connectivity index (χ2n) is 30.5. The smallest absolute Gasteiger partial charge is 0.165 e. The van der Waals surface area contributed by atoms with E-state index in [0.29, 0.717) is 0 Å². The maximum atomic E-state index is 17.9. The number of halogens is 16. The van der Waals surface area contributed by atoms with E-state index in [4.69, 9.17) is 0 Å². The van der Waals surface area contributed by atoms with Gasteiger partial charge in [-0.05, 0) is 109 Å². The number of anilines is 8. The minimum Gasteiger partial charge on any atom is -0.378 e. The van der Waals surface area contributed by atoms with Crippen LogP contribution in [0.15, 0.2) is 194 Å². The summed E-state index contributed by atoms with van der Waals surface area (Å²) in [6.07, 6.45) is -37.3. The Morgan fingerprint density at radius 3 is 0.768 bits per heavy atom. The molecule has 9 fully saturated rings. The third kappa shape index (κ3) is 13.7. The molecule has 9 aliphatic rings. The van der Waals surface area contributed by atoms with E-state index in [2.05, 4.69) is 79.9 Å². The molecule has 32 heteroatoms. The molecule has 17 rings (SSSR count). The zero-order chi connectivity index (χ0) is 77.7. The monoisotopic (exact) mass is 1570 g/mol. The van der Waals surface area contributed by atoms with Crippen LogP contribution >= 0.6 is 0 Å². The van der Waals surface area contributed by atoms with Crippen LogP contribution in [0.5, 0.6) is 0 Å². The first-order valence-corrected chi connectivity index (χ1v) is 37.5. The zero-order valence-electron chi connectivity index (χ0n) is 59.1. The highest BCUT2D eigenvalue weighted by molar-refractivity contribution is 5.59. The highest BCUT2D eigenvalue weighted by Gasteiger charge is 2.69. The van der Waals surface area contributed by atoms with Crippen LogP contribution < -0.4 is 79.9 Å². The molecule has 16 nitrogen and oxygen atoms in total. The van der Waals surface area contributed by atoms with Crippen molar-refractivity contribution in [3.8, 4) is 0 Å². The number of fused-ring (bicyclic) bond motifs is 20. The summed E-state index contributed by atoms with van der Waals surface area (Å²) < 4.78 is 273. The van der Waals surface area contributed by atoms with Crippen molar-refractivity contribution in [2.24, 2.45) is 47.3 Å². The average molecular weight is 1570 g/mol. The Bertz CT molecular complexity index is 4670. The van der Waals surface area contributed by atoms with Crippen LogP contribution in [0.3, 0.4) is 0 Å². The molecule has 0 spiro atoms. The molecule has 5 aliphatic heterocycles. The van der Waals surface area contributed by atoms with E-state index >= 15 is 70.2 Å². The second-order valence-corrected chi connectivity index (χ2v) is 30.5. The van der Waals surface area contributed by atoms with E-state index in [9.17, 15) is 0 Å². The number of para-hydroxylation sites is 8. The van der Waals surface area contributed by atoms with Gasteiger partial charge in [0.15, 0.2) is 24.7 Å². The first-order chi connectivity index (χ1) is 54.2. The predicted molar refractivity (Wildman–Crippen MR) is 392 cm³/mol. The lowest BCUT2D eigenvalue weighted by molar-refractivity contribution is -0.0875. The molecule has 31 unspecified atom stereocenters. The van der Waals surface area contributed by atoms with E-state index in [-0.39, 0.29) is 51.9 Å². The lowest BCUT2D eigenvalue weighted by Crippen LogP contribution is -2.71. The van der Waals surface area contributed by atoms with Crippen molar-refractivity contribution in [2.75, 3.05) is 42.6 Å². The van der Waals surface area contributed by atoms with E-state index in [1.807, 2.05) is 0 Å².